The Morgan fingerprint density at radius 1 is 1.35 bits per heavy atom. The van der Waals surface area contributed by atoms with Crippen LogP contribution in [0.4, 0.5) is 11.6 Å². The number of carboxylic acids is 1. The number of fused-ring (bicyclic) bond motifs is 1. The number of pyridine rings is 2. The van der Waals surface area contributed by atoms with E-state index in [0.29, 0.717) is 28.0 Å². The summed E-state index contributed by atoms with van der Waals surface area (Å²) in [7, 11) is 0. The van der Waals surface area contributed by atoms with Gasteiger partial charge in [0.25, 0.3) is 0 Å². The summed E-state index contributed by atoms with van der Waals surface area (Å²) in [5, 5.41) is 10.8. The Morgan fingerprint density at radius 2 is 2.16 bits per heavy atom. The van der Waals surface area contributed by atoms with E-state index in [1.54, 1.807) is 18.3 Å². The van der Waals surface area contributed by atoms with Crippen molar-refractivity contribution in [1.29, 1.82) is 0 Å². The summed E-state index contributed by atoms with van der Waals surface area (Å²) in [6.45, 7) is 2.62. The highest BCUT2D eigenvalue weighted by molar-refractivity contribution is 6.45. The highest BCUT2D eigenvalue weighted by Crippen LogP contribution is 2.38. The molecule has 1 aliphatic heterocycles. The van der Waals surface area contributed by atoms with Crippen LogP contribution in [0.25, 0.3) is 22.0 Å². The van der Waals surface area contributed by atoms with Crippen molar-refractivity contribution in [2.75, 3.05) is 23.8 Å². The minimum absolute atomic E-state index is 0.0158. The molecule has 9 heteroatoms. The first-order valence-electron chi connectivity index (χ1n) is 9.97. The summed E-state index contributed by atoms with van der Waals surface area (Å²) >= 11 is 12.8. The zero-order chi connectivity index (χ0) is 22.1. The second kappa shape index (κ2) is 8.86. The van der Waals surface area contributed by atoms with Gasteiger partial charge in [0, 0.05) is 23.7 Å². The third-order valence-electron chi connectivity index (χ3n) is 5.51. The fourth-order valence-corrected chi connectivity index (χ4v) is 4.17. The zero-order valence-corrected chi connectivity index (χ0v) is 18.4. The number of hydrogen-bond donors (Lipinski definition) is 2. The summed E-state index contributed by atoms with van der Waals surface area (Å²) < 4.78 is 5.56. The molecule has 0 radical (unpaired) electrons. The molecule has 3 aromatic rings. The van der Waals surface area contributed by atoms with Gasteiger partial charge in [-0.05, 0) is 49.6 Å². The van der Waals surface area contributed by atoms with Crippen molar-refractivity contribution >= 4 is 51.7 Å². The van der Waals surface area contributed by atoms with Gasteiger partial charge in [-0.3, -0.25) is 0 Å². The van der Waals surface area contributed by atoms with E-state index in [1.807, 2.05) is 18.2 Å². The molecule has 1 aliphatic rings. The molecule has 3 heterocycles. The molecule has 31 heavy (non-hydrogen) atoms. The molecular formula is C22H22Cl2N4O3. The van der Waals surface area contributed by atoms with Gasteiger partial charge in [-0.15, -0.1) is 0 Å². The summed E-state index contributed by atoms with van der Waals surface area (Å²) in [5.41, 5.74) is 8.16. The third kappa shape index (κ3) is 4.39. The Balaban J connectivity index is 1.78. The molecule has 2 atom stereocenters. The van der Waals surface area contributed by atoms with E-state index in [1.165, 1.54) is 6.92 Å². The number of nitrogens with two attached hydrogens (primary N) is 1. The monoisotopic (exact) mass is 460 g/mol. The molecule has 7 nitrogen and oxygen atoms in total. The van der Waals surface area contributed by atoms with Crippen LogP contribution < -0.4 is 10.6 Å². The van der Waals surface area contributed by atoms with Crippen molar-refractivity contribution < 1.29 is 14.6 Å². The quantitative estimate of drug-likeness (QED) is 0.551. The Hall–Kier alpha value is -2.61. The summed E-state index contributed by atoms with van der Waals surface area (Å²) in [6.07, 6.45) is 2.69. The van der Waals surface area contributed by atoms with E-state index in [9.17, 15) is 4.79 Å². The van der Waals surface area contributed by atoms with Gasteiger partial charge >= 0.3 is 5.97 Å². The van der Waals surface area contributed by atoms with Gasteiger partial charge < -0.3 is 20.5 Å². The Kier molecular flexibility index (Phi) is 6.18. The lowest BCUT2D eigenvalue weighted by Gasteiger charge is -2.27. The molecule has 1 fully saturated rings. The number of anilines is 2. The van der Waals surface area contributed by atoms with Crippen molar-refractivity contribution in [3.8, 4) is 11.1 Å². The lowest BCUT2D eigenvalue weighted by Crippen LogP contribution is -2.36. The van der Waals surface area contributed by atoms with Crippen molar-refractivity contribution in [3.05, 3.63) is 46.6 Å². The largest absolute Gasteiger partial charge is 0.479 e. The maximum absolute atomic E-state index is 11.1. The molecule has 0 bridgehead atoms. The highest BCUT2D eigenvalue weighted by atomic mass is 35.5. The SMILES string of the molecule is CC(OCC1CCCN1c1cc(-c2ccc(N)nc2)c2ccc(Cl)c(Cl)c2n1)C(=O)O. The Labute approximate surface area is 189 Å². The van der Waals surface area contributed by atoms with Crippen LogP contribution in [0.3, 0.4) is 0 Å². The second-order valence-electron chi connectivity index (χ2n) is 7.56. The van der Waals surface area contributed by atoms with E-state index < -0.39 is 12.1 Å². The molecule has 1 saturated heterocycles. The van der Waals surface area contributed by atoms with Crippen LogP contribution >= 0.6 is 23.2 Å². The summed E-state index contributed by atoms with van der Waals surface area (Å²) in [6, 6.07) is 9.31. The van der Waals surface area contributed by atoms with Gasteiger partial charge in [-0.1, -0.05) is 29.3 Å². The number of hydrogen-bond acceptors (Lipinski definition) is 6. The first-order chi connectivity index (χ1) is 14.8. The van der Waals surface area contributed by atoms with E-state index in [2.05, 4.69) is 9.88 Å². The molecular weight excluding hydrogens is 439 g/mol. The van der Waals surface area contributed by atoms with E-state index in [4.69, 9.17) is 43.8 Å². The molecule has 4 rings (SSSR count). The predicted octanol–water partition coefficient (Wildman–Crippen LogP) is 4.64. The molecule has 2 aromatic heterocycles. The third-order valence-corrected chi connectivity index (χ3v) is 6.31. The zero-order valence-electron chi connectivity index (χ0n) is 16.9. The predicted molar refractivity (Wildman–Crippen MR) is 123 cm³/mol. The maximum atomic E-state index is 11.1. The number of nitrogen functional groups attached to an aromatic ring is 1. The highest BCUT2D eigenvalue weighted by Gasteiger charge is 2.28. The maximum Gasteiger partial charge on any atom is 0.332 e. The lowest BCUT2D eigenvalue weighted by molar-refractivity contribution is -0.149. The molecule has 2 unspecified atom stereocenters. The molecule has 0 amide bonds. The number of carbonyl (C=O) groups is 1. The standard InChI is InChI=1S/C22H22Cl2N4O3/c1-12(22(29)30)31-11-14-3-2-8-28(14)19-9-16(13-4-7-18(25)26-10-13)15-5-6-17(23)20(24)21(15)27-19/h4-7,9-10,12,14H,2-3,8,11H2,1H3,(H2,25,26)(H,29,30). The number of nitrogens with zero attached hydrogens (tertiary/aromatic N) is 3. The smallest absolute Gasteiger partial charge is 0.332 e. The number of aliphatic carboxylic acids is 1. The topological polar surface area (TPSA) is 102 Å². The van der Waals surface area contributed by atoms with E-state index >= 15 is 0 Å². The Bertz CT molecular complexity index is 1120. The number of ether oxygens (including phenoxy) is 1. The number of aromatic nitrogens is 2. The van der Waals surface area contributed by atoms with E-state index in [-0.39, 0.29) is 6.04 Å². The van der Waals surface area contributed by atoms with Gasteiger partial charge in [0.2, 0.25) is 0 Å². The second-order valence-corrected chi connectivity index (χ2v) is 8.35. The van der Waals surface area contributed by atoms with Crippen LogP contribution in [0, 0.1) is 0 Å². The number of carboxylic acid groups (broad SMARTS) is 1. The lowest BCUT2D eigenvalue weighted by atomic mass is 10.0. The molecule has 0 saturated carbocycles. The first-order valence-corrected chi connectivity index (χ1v) is 10.7. The fraction of sp³-hybridized carbons (Fsp3) is 0.318. The molecule has 3 N–H and O–H groups in total. The molecule has 0 aliphatic carbocycles. The minimum Gasteiger partial charge on any atom is -0.479 e. The minimum atomic E-state index is -0.979. The molecule has 1 aromatic carbocycles. The normalized spacial score (nSPS) is 17.3. The van der Waals surface area contributed by atoms with Crippen LogP contribution in [0.1, 0.15) is 19.8 Å². The van der Waals surface area contributed by atoms with Gasteiger partial charge in [-0.2, -0.15) is 0 Å². The number of halogens is 2. The first kappa shape index (κ1) is 21.6. The van der Waals surface area contributed by atoms with Crippen LogP contribution in [0.2, 0.25) is 10.0 Å². The van der Waals surface area contributed by atoms with Crippen molar-refractivity contribution in [2.24, 2.45) is 0 Å². The van der Waals surface area contributed by atoms with Gasteiger partial charge in [0.15, 0.2) is 6.10 Å². The number of benzene rings is 1. The summed E-state index contributed by atoms with van der Waals surface area (Å²) in [5.74, 6) is 0.193. The average molecular weight is 461 g/mol. The van der Waals surface area contributed by atoms with Gasteiger partial charge in [0.1, 0.15) is 11.6 Å². The van der Waals surface area contributed by atoms with Crippen molar-refractivity contribution in [3.63, 3.8) is 0 Å². The molecule has 0 spiro atoms. The van der Waals surface area contributed by atoms with Crippen LogP contribution in [0.15, 0.2) is 36.5 Å². The van der Waals surface area contributed by atoms with Crippen LogP contribution in [0.5, 0.6) is 0 Å². The van der Waals surface area contributed by atoms with Crippen LogP contribution in [-0.4, -0.2) is 46.3 Å². The number of rotatable bonds is 6. The summed E-state index contributed by atoms with van der Waals surface area (Å²) in [4.78, 5) is 22.3. The van der Waals surface area contributed by atoms with Crippen molar-refractivity contribution in [2.45, 2.75) is 31.9 Å². The van der Waals surface area contributed by atoms with Crippen molar-refractivity contribution in [1.82, 2.24) is 9.97 Å². The van der Waals surface area contributed by atoms with Gasteiger partial charge in [0.05, 0.1) is 28.2 Å². The Morgan fingerprint density at radius 3 is 2.87 bits per heavy atom. The molecule has 162 valence electrons. The average Bonchev–Trinajstić information content (AvgIpc) is 3.23. The fourth-order valence-electron chi connectivity index (χ4n) is 3.81. The van der Waals surface area contributed by atoms with Gasteiger partial charge in [-0.25, -0.2) is 14.8 Å². The van der Waals surface area contributed by atoms with E-state index in [0.717, 1.165) is 41.7 Å². The van der Waals surface area contributed by atoms with Crippen LogP contribution in [-0.2, 0) is 9.53 Å².